The highest BCUT2D eigenvalue weighted by Crippen LogP contribution is 2.39. The number of aliphatic hydroxyl groups excluding tert-OH is 1. The van der Waals surface area contributed by atoms with Crippen molar-refractivity contribution in [1.82, 2.24) is 34.9 Å². The lowest BCUT2D eigenvalue weighted by molar-refractivity contribution is -0.148. The summed E-state index contributed by atoms with van der Waals surface area (Å²) in [6.07, 6.45) is -1.10. The Morgan fingerprint density at radius 2 is 1.35 bits per heavy atom. The molecule has 2 fully saturated rings. The fourth-order valence-electron chi connectivity index (χ4n) is 11.5. The Bertz CT molecular complexity index is 3260. The van der Waals surface area contributed by atoms with E-state index in [9.17, 15) is 24.3 Å². The van der Waals surface area contributed by atoms with E-state index in [1.165, 1.54) is 0 Å². The first kappa shape index (κ1) is 53.1. The molecule has 0 aliphatic carbocycles. The van der Waals surface area contributed by atoms with Crippen molar-refractivity contribution in [2.24, 2.45) is 22.6 Å². The van der Waals surface area contributed by atoms with Crippen molar-refractivity contribution >= 4 is 58.0 Å². The second-order valence-electron chi connectivity index (χ2n) is 21.6. The third kappa shape index (κ3) is 10.4. The number of amidine groups is 1. The number of nitrogens with one attached hydrogen (secondary N) is 1. The van der Waals surface area contributed by atoms with Gasteiger partial charge in [0.25, 0.3) is 11.8 Å². The van der Waals surface area contributed by atoms with Crippen molar-refractivity contribution in [3.63, 3.8) is 0 Å². The Balaban J connectivity index is 0.850. The molecule has 5 amide bonds. The van der Waals surface area contributed by atoms with Crippen molar-refractivity contribution in [3.05, 3.63) is 147 Å². The molecule has 2 saturated heterocycles. The van der Waals surface area contributed by atoms with Crippen LogP contribution in [0, 0.1) is 25.7 Å². The predicted octanol–water partition coefficient (Wildman–Crippen LogP) is 7.79. The Hall–Kier alpha value is -7.28. The second-order valence-corrected chi connectivity index (χ2v) is 23.3. The van der Waals surface area contributed by atoms with Crippen LogP contribution in [-0.2, 0) is 40.6 Å². The van der Waals surface area contributed by atoms with Crippen LogP contribution in [0.4, 0.5) is 0 Å². The maximum atomic E-state index is 15.1. The number of thiazole rings is 2. The van der Waals surface area contributed by atoms with Crippen LogP contribution in [-0.4, -0.2) is 119 Å². The molecule has 4 N–H and O–H groups in total. The number of ether oxygens (including phenoxy) is 1. The number of hydrogen-bond acceptors (Lipinski definition) is 12. The smallest absolute Gasteiger partial charge is 0.255 e. The predicted molar refractivity (Wildman–Crippen MR) is 297 cm³/mol. The highest BCUT2D eigenvalue weighted by molar-refractivity contribution is 7.13. The zero-order chi connectivity index (χ0) is 54.4. The third-order valence-corrected chi connectivity index (χ3v) is 17.5. The van der Waals surface area contributed by atoms with Gasteiger partial charge in [-0.2, -0.15) is 0 Å². The van der Waals surface area contributed by atoms with Gasteiger partial charge in [-0.15, -0.1) is 22.7 Å². The summed E-state index contributed by atoms with van der Waals surface area (Å²) in [6.45, 7) is 14.4. The zero-order valence-electron chi connectivity index (χ0n) is 44.4. The largest absolute Gasteiger partial charge is 0.488 e. The number of likely N-dealkylation sites (tertiary alicyclic amines) is 2. The number of benzene rings is 4. The van der Waals surface area contributed by atoms with Crippen LogP contribution < -0.4 is 15.8 Å². The van der Waals surface area contributed by atoms with E-state index in [0.717, 1.165) is 49.0 Å². The first-order chi connectivity index (χ1) is 36.9. The van der Waals surface area contributed by atoms with Crippen molar-refractivity contribution in [3.8, 4) is 26.6 Å². The number of aliphatic imine (C=N–C) groups is 1. The SMILES string of the molecule is Cc1ncsc1-c1ccc(CN=C(N)[C@@H]2C[C@@H](O)CN2C(=O)[C@H](C(C)C)N2Cc3cc(O[C@H]4CN(C(=O)[C@H](C(C)C)N5Cc6ccccc6C5=O)C(C)(C(=O)NCc5ccc(-c6scnc6C)cc5)C4)ccc3C2=O)cc1. The minimum absolute atomic E-state index is 0.0530. The maximum absolute atomic E-state index is 15.1. The molecule has 0 saturated carbocycles. The number of hydrogen-bond donors (Lipinski definition) is 3. The molecule has 4 aromatic carbocycles. The van der Waals surface area contributed by atoms with Crippen molar-refractivity contribution in [1.29, 1.82) is 0 Å². The Labute approximate surface area is 457 Å². The number of aromatic nitrogens is 2. The standard InChI is InChI=1S/C59H65N9O7S2/c1-33(2)49(56(72)65-29-43(69)23-48(65)53(60)61-25-37-12-16-39(17-13-37)51-35(5)63-31-76-51)67-28-42-22-44(20-21-47(42)55(67)71)75-45-24-59(7,58(74)62-26-38-14-18-40(19-15-38)52-36(6)64-32-77-52)68(30-45)57(73)50(34(3)4)66-27-41-10-8-9-11-46(41)54(66)70/h8-22,31-34,43,45,48-50,69H,23-30H2,1-7H3,(H2,60,61)(H,62,74)/t43-,45-,48+,49+,50+,59?/m1/s1. The van der Waals surface area contributed by atoms with Gasteiger partial charge in [0.05, 0.1) is 57.4 Å². The maximum Gasteiger partial charge on any atom is 0.255 e. The number of rotatable bonds is 16. The molecule has 16 nitrogen and oxygen atoms in total. The van der Waals surface area contributed by atoms with Crippen LogP contribution in [0.5, 0.6) is 5.75 Å². The summed E-state index contributed by atoms with van der Waals surface area (Å²) < 4.78 is 6.71. The van der Waals surface area contributed by atoms with E-state index < -0.39 is 35.9 Å². The van der Waals surface area contributed by atoms with Gasteiger partial charge in [-0.3, -0.25) is 29.0 Å². The topological polar surface area (TPSA) is 204 Å². The normalized spacial score (nSPS) is 21.1. The summed E-state index contributed by atoms with van der Waals surface area (Å²) in [4.78, 5) is 94.7. The number of β-amino-alcohol motifs (C(OH)–C–C–N with tert-alkyl or cyclic N) is 1. The molecule has 6 atom stereocenters. The zero-order valence-corrected chi connectivity index (χ0v) is 46.1. The van der Waals surface area contributed by atoms with E-state index in [1.807, 2.05) is 119 Å². The summed E-state index contributed by atoms with van der Waals surface area (Å²) in [5.74, 6) is -1.46. The summed E-state index contributed by atoms with van der Waals surface area (Å²) >= 11 is 3.16. The lowest BCUT2D eigenvalue weighted by atomic mass is 9.94. The molecule has 0 bridgehead atoms. The molecule has 18 heteroatoms. The quantitative estimate of drug-likeness (QED) is 0.0634. The third-order valence-electron chi connectivity index (χ3n) is 15.6. The van der Waals surface area contributed by atoms with Gasteiger partial charge >= 0.3 is 0 Å². The van der Waals surface area contributed by atoms with Gasteiger partial charge in [0.15, 0.2) is 0 Å². The molecule has 6 aromatic rings. The molecule has 4 aliphatic rings. The minimum atomic E-state index is -1.37. The fourth-order valence-corrected chi connectivity index (χ4v) is 13.2. The molecule has 0 radical (unpaired) electrons. The number of amides is 5. The van der Waals surface area contributed by atoms with Gasteiger partial charge in [-0.1, -0.05) is 94.4 Å². The number of aryl methyl sites for hydroxylation is 2. The van der Waals surface area contributed by atoms with Crippen LogP contribution in [0.15, 0.2) is 107 Å². The van der Waals surface area contributed by atoms with Crippen molar-refractivity contribution < 1.29 is 33.8 Å². The van der Waals surface area contributed by atoms with E-state index in [-0.39, 0.29) is 92.8 Å². The first-order valence-corrected chi connectivity index (χ1v) is 28.0. The van der Waals surface area contributed by atoms with Crippen molar-refractivity contribution in [2.45, 2.75) is 123 Å². The van der Waals surface area contributed by atoms with Gasteiger partial charge in [-0.25, -0.2) is 9.97 Å². The molecular formula is C59H65N9O7S2. The summed E-state index contributed by atoms with van der Waals surface area (Å²) in [5, 5.41) is 14.1. The van der Waals surface area contributed by atoms with Crippen molar-refractivity contribution in [2.75, 3.05) is 13.1 Å². The molecule has 400 valence electrons. The monoisotopic (exact) mass is 1080 g/mol. The minimum Gasteiger partial charge on any atom is -0.488 e. The highest BCUT2D eigenvalue weighted by Gasteiger charge is 2.54. The number of nitrogens with two attached hydrogens (primary N) is 1. The number of fused-ring (bicyclic) bond motifs is 2. The van der Waals surface area contributed by atoms with E-state index in [2.05, 4.69) is 15.3 Å². The lowest BCUT2D eigenvalue weighted by Crippen LogP contribution is -2.60. The molecular weight excluding hydrogens is 1010 g/mol. The van der Waals surface area contributed by atoms with Crippen LogP contribution in [0.3, 0.4) is 0 Å². The number of aliphatic hydroxyl groups is 1. The molecule has 10 rings (SSSR count). The van der Waals surface area contributed by atoms with Gasteiger partial charge in [0.1, 0.15) is 35.3 Å². The summed E-state index contributed by atoms with van der Waals surface area (Å²) in [6, 6.07) is 26.2. The summed E-state index contributed by atoms with van der Waals surface area (Å²) in [7, 11) is 0. The molecule has 0 spiro atoms. The molecule has 6 heterocycles. The van der Waals surface area contributed by atoms with Crippen LogP contribution in [0.25, 0.3) is 20.9 Å². The van der Waals surface area contributed by atoms with Gasteiger partial charge in [-0.05, 0) is 90.3 Å². The Kier molecular flexibility index (Phi) is 14.9. The number of carbonyl (C=O) groups is 5. The number of carbonyl (C=O) groups excluding carboxylic acids is 5. The first-order valence-electron chi connectivity index (χ1n) is 26.3. The fraction of sp³-hybridized carbons (Fsp3) is 0.390. The molecule has 4 aliphatic heterocycles. The Morgan fingerprint density at radius 3 is 1.94 bits per heavy atom. The van der Waals surface area contributed by atoms with Gasteiger partial charge < -0.3 is 40.5 Å². The highest BCUT2D eigenvalue weighted by atomic mass is 32.1. The van der Waals surface area contributed by atoms with E-state index in [1.54, 1.807) is 73.5 Å². The molecule has 77 heavy (non-hydrogen) atoms. The van der Waals surface area contributed by atoms with E-state index in [0.29, 0.717) is 29.0 Å². The molecule has 1 unspecified atom stereocenters. The van der Waals surface area contributed by atoms with E-state index in [4.69, 9.17) is 15.5 Å². The lowest BCUT2D eigenvalue weighted by Gasteiger charge is -2.39. The van der Waals surface area contributed by atoms with Crippen LogP contribution >= 0.6 is 22.7 Å². The molecule has 2 aromatic heterocycles. The average Bonchev–Trinajstić information content (AvgIpc) is 4.29. The second kappa shape index (κ2) is 21.6. The number of nitrogens with zero attached hydrogens (tertiary/aromatic N) is 7. The van der Waals surface area contributed by atoms with Crippen LogP contribution in [0.1, 0.15) is 102 Å². The van der Waals surface area contributed by atoms with Gasteiger partial charge in [0.2, 0.25) is 17.7 Å². The summed E-state index contributed by atoms with van der Waals surface area (Å²) in [5.41, 5.74) is 17.3. The van der Waals surface area contributed by atoms with Crippen LogP contribution in [0.2, 0.25) is 0 Å². The average molecular weight is 1080 g/mol. The van der Waals surface area contributed by atoms with E-state index >= 15 is 4.79 Å². The Morgan fingerprint density at radius 1 is 0.779 bits per heavy atom. The van der Waals surface area contributed by atoms with Gasteiger partial charge in [0, 0.05) is 50.1 Å².